The highest BCUT2D eigenvalue weighted by Gasteiger charge is 2.18. The molecule has 1 aromatic rings. The Morgan fingerprint density at radius 1 is 1.25 bits per heavy atom. The Balaban J connectivity index is 2.97. The predicted octanol–water partition coefficient (Wildman–Crippen LogP) is 0.828. The van der Waals surface area contributed by atoms with Crippen molar-refractivity contribution in [1.29, 1.82) is 0 Å². The highest BCUT2D eigenvalue weighted by molar-refractivity contribution is 7.89. The van der Waals surface area contributed by atoms with Gasteiger partial charge in [-0.15, -0.1) is 0 Å². The van der Waals surface area contributed by atoms with Crippen LogP contribution in [0, 0.1) is 0 Å². The first-order chi connectivity index (χ1) is 7.52. The summed E-state index contributed by atoms with van der Waals surface area (Å²) in [5.41, 5.74) is 6.48. The lowest BCUT2D eigenvalue weighted by Crippen LogP contribution is -2.26. The molecule has 2 N–H and O–H groups in total. The molecular weight excluding hydrogens is 224 g/mol. The highest BCUT2D eigenvalue weighted by Crippen LogP contribution is 2.14. The minimum Gasteiger partial charge on any atom is -0.330 e. The van der Waals surface area contributed by atoms with E-state index in [0.29, 0.717) is 18.0 Å². The summed E-state index contributed by atoms with van der Waals surface area (Å²) in [6, 6.07) is 6.88. The first-order valence-corrected chi connectivity index (χ1v) is 6.71. The SMILES string of the molecule is CCN(C)S(=O)(=O)c1ccc(CCN)cc1. The van der Waals surface area contributed by atoms with Crippen molar-refractivity contribution >= 4 is 10.0 Å². The first kappa shape index (κ1) is 13.2. The molecule has 1 aromatic carbocycles. The van der Waals surface area contributed by atoms with Gasteiger partial charge in [-0.05, 0) is 30.7 Å². The van der Waals surface area contributed by atoms with Crippen LogP contribution in [0.2, 0.25) is 0 Å². The molecule has 0 aliphatic heterocycles. The van der Waals surface area contributed by atoms with Gasteiger partial charge < -0.3 is 5.73 Å². The molecule has 0 saturated heterocycles. The van der Waals surface area contributed by atoms with Crippen LogP contribution in [0.5, 0.6) is 0 Å². The van der Waals surface area contributed by atoms with E-state index in [1.54, 1.807) is 26.1 Å². The lowest BCUT2D eigenvalue weighted by atomic mass is 10.2. The fourth-order valence-electron chi connectivity index (χ4n) is 1.34. The molecule has 0 spiro atoms. The van der Waals surface area contributed by atoms with Crippen molar-refractivity contribution in [2.45, 2.75) is 18.2 Å². The van der Waals surface area contributed by atoms with Crippen molar-refractivity contribution < 1.29 is 8.42 Å². The fraction of sp³-hybridized carbons (Fsp3) is 0.455. The second-order valence-corrected chi connectivity index (χ2v) is 5.65. The van der Waals surface area contributed by atoms with Gasteiger partial charge in [0.2, 0.25) is 10.0 Å². The van der Waals surface area contributed by atoms with Crippen LogP contribution in [0.1, 0.15) is 12.5 Å². The molecule has 5 heteroatoms. The molecule has 4 nitrogen and oxygen atoms in total. The number of hydrogen-bond acceptors (Lipinski definition) is 3. The lowest BCUT2D eigenvalue weighted by Gasteiger charge is -2.14. The normalized spacial score (nSPS) is 12.0. The van der Waals surface area contributed by atoms with Crippen molar-refractivity contribution in [1.82, 2.24) is 4.31 Å². The average molecular weight is 242 g/mol. The van der Waals surface area contributed by atoms with Gasteiger partial charge >= 0.3 is 0 Å². The average Bonchev–Trinajstić information content (AvgIpc) is 2.29. The quantitative estimate of drug-likeness (QED) is 0.831. The minimum absolute atomic E-state index is 0.331. The van der Waals surface area contributed by atoms with Crippen LogP contribution in [0.3, 0.4) is 0 Å². The second kappa shape index (κ2) is 5.43. The topological polar surface area (TPSA) is 63.4 Å². The third-order valence-corrected chi connectivity index (χ3v) is 4.46. The van der Waals surface area contributed by atoms with Gasteiger partial charge in [-0.1, -0.05) is 19.1 Å². The molecule has 0 bridgehead atoms. The van der Waals surface area contributed by atoms with Crippen LogP contribution in [0.4, 0.5) is 0 Å². The first-order valence-electron chi connectivity index (χ1n) is 5.27. The van der Waals surface area contributed by atoms with Crippen LogP contribution in [0.25, 0.3) is 0 Å². The summed E-state index contributed by atoms with van der Waals surface area (Å²) in [7, 11) is -1.75. The maximum Gasteiger partial charge on any atom is 0.242 e. The van der Waals surface area contributed by atoms with E-state index in [2.05, 4.69) is 0 Å². The molecule has 0 aliphatic rings. The Bertz CT molecular complexity index is 426. The molecule has 0 saturated carbocycles. The molecule has 0 unspecified atom stereocenters. The van der Waals surface area contributed by atoms with E-state index in [-0.39, 0.29) is 0 Å². The number of sulfonamides is 1. The van der Waals surface area contributed by atoms with Gasteiger partial charge in [-0.25, -0.2) is 12.7 Å². The van der Waals surface area contributed by atoms with Gasteiger partial charge in [0, 0.05) is 13.6 Å². The zero-order valence-electron chi connectivity index (χ0n) is 9.68. The predicted molar refractivity (Wildman–Crippen MR) is 64.7 cm³/mol. The third-order valence-electron chi connectivity index (χ3n) is 2.51. The van der Waals surface area contributed by atoms with Gasteiger partial charge in [-0.3, -0.25) is 0 Å². The summed E-state index contributed by atoms with van der Waals surface area (Å²) in [6.45, 7) is 2.84. The third kappa shape index (κ3) is 2.81. The van der Waals surface area contributed by atoms with E-state index in [0.717, 1.165) is 12.0 Å². The zero-order chi connectivity index (χ0) is 12.2. The smallest absolute Gasteiger partial charge is 0.242 e. The molecule has 90 valence electrons. The summed E-state index contributed by atoms with van der Waals surface area (Å²) in [5, 5.41) is 0. The van der Waals surface area contributed by atoms with E-state index >= 15 is 0 Å². The molecule has 1 rings (SSSR count). The van der Waals surface area contributed by atoms with Gasteiger partial charge in [0.15, 0.2) is 0 Å². The van der Waals surface area contributed by atoms with Crippen molar-refractivity contribution in [3.8, 4) is 0 Å². The molecule has 16 heavy (non-hydrogen) atoms. The molecule has 0 amide bonds. The Morgan fingerprint density at radius 3 is 2.25 bits per heavy atom. The number of rotatable bonds is 5. The summed E-state index contributed by atoms with van der Waals surface area (Å²) in [5.74, 6) is 0. The number of benzene rings is 1. The van der Waals surface area contributed by atoms with Crippen LogP contribution in [-0.2, 0) is 16.4 Å². The molecule has 0 aliphatic carbocycles. The zero-order valence-corrected chi connectivity index (χ0v) is 10.5. The van der Waals surface area contributed by atoms with Gasteiger partial charge in [-0.2, -0.15) is 0 Å². The lowest BCUT2D eigenvalue weighted by molar-refractivity contribution is 0.486. The van der Waals surface area contributed by atoms with Crippen molar-refractivity contribution in [3.05, 3.63) is 29.8 Å². The Labute approximate surface area is 97.1 Å². The maximum atomic E-state index is 11.9. The molecule has 0 fully saturated rings. The largest absolute Gasteiger partial charge is 0.330 e. The summed E-state index contributed by atoms with van der Waals surface area (Å²) in [6.07, 6.45) is 0.768. The summed E-state index contributed by atoms with van der Waals surface area (Å²) < 4.78 is 25.2. The Morgan fingerprint density at radius 2 is 1.81 bits per heavy atom. The monoisotopic (exact) mass is 242 g/mol. The standard InChI is InChI=1S/C11H18N2O2S/c1-3-13(2)16(14,15)11-6-4-10(5-7-11)8-9-12/h4-7H,3,8-9,12H2,1-2H3. The molecule has 0 atom stereocenters. The van der Waals surface area contributed by atoms with Gasteiger partial charge in [0.1, 0.15) is 0 Å². The maximum absolute atomic E-state index is 11.9. The number of nitrogens with zero attached hydrogens (tertiary/aromatic N) is 1. The molecule has 0 radical (unpaired) electrons. The number of hydrogen-bond donors (Lipinski definition) is 1. The van der Waals surface area contributed by atoms with E-state index in [4.69, 9.17) is 5.73 Å². The van der Waals surface area contributed by atoms with Crippen LogP contribution in [-0.4, -0.2) is 32.9 Å². The number of nitrogens with two attached hydrogens (primary N) is 1. The van der Waals surface area contributed by atoms with Crippen molar-refractivity contribution in [3.63, 3.8) is 0 Å². The second-order valence-electron chi connectivity index (χ2n) is 3.60. The highest BCUT2D eigenvalue weighted by atomic mass is 32.2. The van der Waals surface area contributed by atoms with Crippen LogP contribution < -0.4 is 5.73 Å². The molecule has 0 heterocycles. The molecular formula is C11H18N2O2S. The van der Waals surface area contributed by atoms with Crippen LogP contribution in [0.15, 0.2) is 29.2 Å². The van der Waals surface area contributed by atoms with E-state index in [9.17, 15) is 8.42 Å². The molecule has 0 aromatic heterocycles. The summed E-state index contributed by atoms with van der Waals surface area (Å²) >= 11 is 0. The van der Waals surface area contributed by atoms with Gasteiger partial charge in [0.25, 0.3) is 0 Å². The Kier molecular flexibility index (Phi) is 4.46. The van der Waals surface area contributed by atoms with Crippen molar-refractivity contribution in [2.24, 2.45) is 5.73 Å². The minimum atomic E-state index is -3.32. The summed E-state index contributed by atoms with van der Waals surface area (Å²) in [4.78, 5) is 0.331. The van der Waals surface area contributed by atoms with Gasteiger partial charge in [0.05, 0.1) is 4.90 Å². The van der Waals surface area contributed by atoms with E-state index in [1.807, 2.05) is 12.1 Å². The van der Waals surface area contributed by atoms with E-state index < -0.39 is 10.0 Å². The van der Waals surface area contributed by atoms with E-state index in [1.165, 1.54) is 4.31 Å². The van der Waals surface area contributed by atoms with Crippen LogP contribution >= 0.6 is 0 Å². The fourth-order valence-corrected chi connectivity index (χ4v) is 2.52. The Hall–Kier alpha value is -0.910. The van der Waals surface area contributed by atoms with Crippen molar-refractivity contribution in [2.75, 3.05) is 20.1 Å².